The maximum Gasteiger partial charge on any atom is 0.308 e. The number of nitrogens with one attached hydrogen (secondary N) is 1. The molecule has 29 heavy (non-hydrogen) atoms. The number of ether oxygens (including phenoxy) is 1. The molecule has 1 aliphatic heterocycles. The van der Waals surface area contributed by atoms with E-state index >= 15 is 0 Å². The van der Waals surface area contributed by atoms with Gasteiger partial charge in [0.25, 0.3) is 0 Å². The molecule has 4 unspecified atom stereocenters. The molecule has 0 aromatic carbocycles. The summed E-state index contributed by atoms with van der Waals surface area (Å²) >= 11 is 1.46. The maximum absolute atomic E-state index is 12.4. The first-order valence-electron chi connectivity index (χ1n) is 10.4. The van der Waals surface area contributed by atoms with E-state index in [1.54, 1.807) is 0 Å². The summed E-state index contributed by atoms with van der Waals surface area (Å²) in [5.74, 6) is -0.199. The molecule has 2 N–H and O–H groups in total. The fourth-order valence-electron chi connectivity index (χ4n) is 3.11. The molecule has 0 aromatic heterocycles. The molecule has 1 aliphatic rings. The maximum atomic E-state index is 12.4. The number of nitrogens with zero attached hydrogens (tertiary/aromatic N) is 3. The van der Waals surface area contributed by atoms with Crippen LogP contribution in [0.2, 0.25) is 0 Å². The number of aliphatic hydroxyl groups excluding tert-OH is 1. The second-order valence-corrected chi connectivity index (χ2v) is 9.64. The van der Waals surface area contributed by atoms with Crippen molar-refractivity contribution in [1.82, 2.24) is 10.3 Å². The number of thioether (sulfide) groups is 1. The van der Waals surface area contributed by atoms with Gasteiger partial charge in [0, 0.05) is 19.5 Å². The van der Waals surface area contributed by atoms with Gasteiger partial charge in [0.05, 0.1) is 36.5 Å². The predicted molar refractivity (Wildman–Crippen MR) is 116 cm³/mol. The molecular formula is C20H38N4O4S. The minimum atomic E-state index is -0.656. The molecule has 0 fully saturated rings. The van der Waals surface area contributed by atoms with Gasteiger partial charge < -0.3 is 15.2 Å². The third-order valence-electron chi connectivity index (χ3n) is 5.56. The highest BCUT2D eigenvalue weighted by molar-refractivity contribution is 8.00. The largest absolute Gasteiger partial charge is 0.465 e. The van der Waals surface area contributed by atoms with Crippen molar-refractivity contribution >= 4 is 23.6 Å². The van der Waals surface area contributed by atoms with Crippen molar-refractivity contribution < 1.29 is 19.4 Å². The van der Waals surface area contributed by atoms with Gasteiger partial charge in [-0.05, 0) is 31.4 Å². The molecule has 0 radical (unpaired) electrons. The molecule has 0 saturated heterocycles. The van der Waals surface area contributed by atoms with Crippen LogP contribution in [0.1, 0.15) is 47.5 Å². The molecular weight excluding hydrogens is 392 g/mol. The van der Waals surface area contributed by atoms with E-state index in [1.807, 2.05) is 32.0 Å². The third-order valence-corrected chi connectivity index (χ3v) is 6.82. The molecule has 0 spiro atoms. The summed E-state index contributed by atoms with van der Waals surface area (Å²) in [4.78, 5) is 24.8. The average Bonchev–Trinajstić information content (AvgIpc) is 3.17. The van der Waals surface area contributed by atoms with Crippen LogP contribution in [-0.4, -0.2) is 71.9 Å². The number of hydrogen-bond acceptors (Lipinski definition) is 8. The molecule has 1 rings (SSSR count). The van der Waals surface area contributed by atoms with E-state index in [9.17, 15) is 9.59 Å². The Balaban J connectivity index is 2.38. The molecule has 1 heterocycles. The second-order valence-electron chi connectivity index (χ2n) is 8.33. The molecule has 0 bridgehead atoms. The molecule has 0 saturated carbocycles. The smallest absolute Gasteiger partial charge is 0.308 e. The highest BCUT2D eigenvalue weighted by Crippen LogP contribution is 2.33. The zero-order valence-electron chi connectivity index (χ0n) is 18.7. The van der Waals surface area contributed by atoms with Crippen molar-refractivity contribution in [2.24, 2.45) is 28.1 Å². The minimum Gasteiger partial charge on any atom is -0.465 e. The zero-order chi connectivity index (χ0) is 22.0. The number of carbonyl (C=O) groups excluding carboxylic acids is 2. The van der Waals surface area contributed by atoms with Crippen molar-refractivity contribution in [2.75, 3.05) is 39.1 Å². The Morgan fingerprint density at radius 2 is 2.03 bits per heavy atom. The van der Waals surface area contributed by atoms with E-state index in [1.165, 1.54) is 11.8 Å². The zero-order valence-corrected chi connectivity index (χ0v) is 19.5. The van der Waals surface area contributed by atoms with Crippen LogP contribution in [0.5, 0.6) is 0 Å². The first-order chi connectivity index (χ1) is 13.6. The SMILES string of the molecule is CSC(C)(CC(C)C(C)C(=O)OCCCN1CC(C(C)C)N=N1)C(=O)NCCO. The van der Waals surface area contributed by atoms with Gasteiger partial charge >= 0.3 is 5.97 Å². The van der Waals surface area contributed by atoms with Crippen LogP contribution in [0.15, 0.2) is 10.3 Å². The number of amides is 1. The van der Waals surface area contributed by atoms with E-state index < -0.39 is 4.75 Å². The lowest BCUT2D eigenvalue weighted by atomic mass is 9.86. The van der Waals surface area contributed by atoms with Gasteiger partial charge in [-0.15, -0.1) is 11.8 Å². The highest BCUT2D eigenvalue weighted by Gasteiger charge is 2.36. The van der Waals surface area contributed by atoms with E-state index in [-0.39, 0.29) is 42.9 Å². The first kappa shape index (κ1) is 25.7. The summed E-state index contributed by atoms with van der Waals surface area (Å²) in [7, 11) is 0. The number of hydrogen-bond donors (Lipinski definition) is 2. The van der Waals surface area contributed by atoms with Crippen LogP contribution in [-0.2, 0) is 14.3 Å². The second kappa shape index (κ2) is 12.4. The van der Waals surface area contributed by atoms with Crippen molar-refractivity contribution in [1.29, 1.82) is 0 Å². The van der Waals surface area contributed by atoms with E-state index in [0.29, 0.717) is 25.4 Å². The van der Waals surface area contributed by atoms with Crippen LogP contribution in [0.3, 0.4) is 0 Å². The van der Waals surface area contributed by atoms with Gasteiger partial charge in [0.15, 0.2) is 0 Å². The number of rotatable bonds is 13. The summed E-state index contributed by atoms with van der Waals surface area (Å²) in [5, 5.41) is 22.0. The average molecular weight is 431 g/mol. The lowest BCUT2D eigenvalue weighted by Gasteiger charge is -2.31. The van der Waals surface area contributed by atoms with Gasteiger partial charge in [-0.1, -0.05) is 32.9 Å². The summed E-state index contributed by atoms with van der Waals surface area (Å²) in [6.07, 6.45) is 3.14. The van der Waals surface area contributed by atoms with Gasteiger partial charge in [0.1, 0.15) is 0 Å². The summed E-state index contributed by atoms with van der Waals surface area (Å²) in [6, 6.07) is 0.249. The van der Waals surface area contributed by atoms with Crippen LogP contribution in [0, 0.1) is 17.8 Å². The van der Waals surface area contributed by atoms with Gasteiger partial charge in [-0.25, -0.2) is 0 Å². The molecule has 0 aliphatic carbocycles. The van der Waals surface area contributed by atoms with Gasteiger partial charge in [0.2, 0.25) is 5.91 Å². The lowest BCUT2D eigenvalue weighted by Crippen LogP contribution is -2.44. The molecule has 9 heteroatoms. The normalized spacial score (nSPS) is 20.4. The fourth-order valence-corrected chi connectivity index (χ4v) is 3.80. The van der Waals surface area contributed by atoms with Crippen molar-refractivity contribution in [3.8, 4) is 0 Å². The standard InChI is InChI=1S/C20H38N4O4S/c1-14(2)17-13-24(23-22-17)9-7-11-28-18(26)16(4)15(3)12-20(5,29-6)19(27)21-8-10-25/h14-17,25H,7-13H2,1-6H3,(H,21,27). The Morgan fingerprint density at radius 3 is 2.59 bits per heavy atom. The van der Waals surface area contributed by atoms with Crippen LogP contribution >= 0.6 is 11.8 Å². The molecule has 8 nitrogen and oxygen atoms in total. The molecule has 168 valence electrons. The summed E-state index contributed by atoms with van der Waals surface area (Å²) in [5.41, 5.74) is 0. The third kappa shape index (κ3) is 8.12. The topological polar surface area (TPSA) is 104 Å². The van der Waals surface area contributed by atoms with E-state index in [4.69, 9.17) is 9.84 Å². The molecule has 4 atom stereocenters. The Hall–Kier alpha value is -1.35. The molecule has 1 amide bonds. The Labute approximate surface area is 179 Å². The lowest BCUT2D eigenvalue weighted by molar-refractivity contribution is -0.150. The number of carbonyl (C=O) groups is 2. The predicted octanol–water partition coefficient (Wildman–Crippen LogP) is 2.52. The Bertz CT molecular complexity index is 561. The Kier molecular flexibility index (Phi) is 11.0. The van der Waals surface area contributed by atoms with Crippen molar-refractivity contribution in [2.45, 2.75) is 58.2 Å². The van der Waals surface area contributed by atoms with Gasteiger partial charge in [-0.2, -0.15) is 5.11 Å². The highest BCUT2D eigenvalue weighted by atomic mass is 32.2. The quantitative estimate of drug-likeness (QED) is 0.344. The van der Waals surface area contributed by atoms with Gasteiger partial charge in [-0.3, -0.25) is 14.6 Å². The van der Waals surface area contributed by atoms with Crippen molar-refractivity contribution in [3.63, 3.8) is 0 Å². The Morgan fingerprint density at radius 1 is 1.34 bits per heavy atom. The number of aliphatic hydroxyl groups is 1. The summed E-state index contributed by atoms with van der Waals surface area (Å²) in [6.45, 7) is 12.0. The fraction of sp³-hybridized carbons (Fsp3) is 0.900. The minimum absolute atomic E-state index is 0.0148. The number of esters is 1. The van der Waals surface area contributed by atoms with Crippen LogP contribution < -0.4 is 5.32 Å². The van der Waals surface area contributed by atoms with E-state index in [2.05, 4.69) is 29.5 Å². The van der Waals surface area contributed by atoms with Crippen molar-refractivity contribution in [3.05, 3.63) is 0 Å². The first-order valence-corrected chi connectivity index (χ1v) is 11.6. The van der Waals surface area contributed by atoms with E-state index in [0.717, 1.165) is 13.1 Å². The molecule has 0 aromatic rings. The van der Waals surface area contributed by atoms with Crippen LogP contribution in [0.25, 0.3) is 0 Å². The monoisotopic (exact) mass is 430 g/mol. The van der Waals surface area contributed by atoms with Crippen LogP contribution in [0.4, 0.5) is 0 Å². The summed E-state index contributed by atoms with van der Waals surface area (Å²) < 4.78 is 4.80.